The predicted molar refractivity (Wildman–Crippen MR) is 114 cm³/mol. The number of ether oxygens (including phenoxy) is 1. The van der Waals surface area contributed by atoms with Gasteiger partial charge in [-0.05, 0) is 18.2 Å². The standard InChI is InChI=1S/C21H15Cl2N3O3S/c1-29-17-15(11-30-18(17)23)20(28)26-9-8-25-19(27)14-6-7-24-10-16(14)21(25,26)12-2-4-13(22)5-3-12/h2-7,10-11H,8-9H2,1H3. The number of halogens is 2. The van der Waals surface area contributed by atoms with Gasteiger partial charge >= 0.3 is 0 Å². The first-order chi connectivity index (χ1) is 14.5. The first-order valence-corrected chi connectivity index (χ1v) is 10.8. The summed E-state index contributed by atoms with van der Waals surface area (Å²) in [5, 5.41) is 2.25. The van der Waals surface area contributed by atoms with Crippen molar-refractivity contribution in [2.75, 3.05) is 20.2 Å². The van der Waals surface area contributed by atoms with Gasteiger partial charge in [-0.3, -0.25) is 14.6 Å². The highest BCUT2D eigenvalue weighted by Crippen LogP contribution is 2.50. The molecule has 0 radical (unpaired) electrons. The maximum Gasteiger partial charge on any atom is 0.260 e. The average Bonchev–Trinajstić information content (AvgIpc) is 3.40. The maximum absolute atomic E-state index is 13.8. The maximum atomic E-state index is 13.8. The summed E-state index contributed by atoms with van der Waals surface area (Å²) in [6, 6.07) is 8.89. The van der Waals surface area contributed by atoms with Crippen LogP contribution in [0.25, 0.3) is 0 Å². The highest BCUT2D eigenvalue weighted by Gasteiger charge is 2.60. The molecule has 1 atom stereocenters. The van der Waals surface area contributed by atoms with Crippen LogP contribution in [0.15, 0.2) is 48.1 Å². The molecule has 30 heavy (non-hydrogen) atoms. The molecular weight excluding hydrogens is 445 g/mol. The summed E-state index contributed by atoms with van der Waals surface area (Å²) in [4.78, 5) is 34.7. The van der Waals surface area contributed by atoms with E-state index < -0.39 is 5.66 Å². The van der Waals surface area contributed by atoms with Crippen molar-refractivity contribution in [3.05, 3.63) is 79.7 Å². The Labute approximate surface area is 186 Å². The number of fused-ring (bicyclic) bond motifs is 3. The van der Waals surface area contributed by atoms with Crippen molar-refractivity contribution >= 4 is 46.4 Å². The van der Waals surface area contributed by atoms with Crippen LogP contribution in [0, 0.1) is 0 Å². The molecule has 0 N–H and O–H groups in total. The minimum Gasteiger partial charge on any atom is -0.493 e. The Balaban J connectivity index is 1.75. The number of carbonyl (C=O) groups is 2. The molecule has 5 rings (SSSR count). The molecule has 3 aromatic rings. The first-order valence-electron chi connectivity index (χ1n) is 9.15. The number of thiophene rings is 1. The molecule has 152 valence electrons. The second kappa shape index (κ2) is 6.97. The van der Waals surface area contributed by atoms with E-state index in [-0.39, 0.29) is 11.8 Å². The minimum atomic E-state index is -1.11. The number of carbonyl (C=O) groups excluding carboxylic acids is 2. The van der Waals surface area contributed by atoms with Crippen molar-refractivity contribution in [2.24, 2.45) is 0 Å². The van der Waals surface area contributed by atoms with Gasteiger partial charge in [0.25, 0.3) is 11.8 Å². The Hall–Kier alpha value is -2.61. The summed E-state index contributed by atoms with van der Waals surface area (Å²) in [6.45, 7) is 0.750. The van der Waals surface area contributed by atoms with E-state index >= 15 is 0 Å². The van der Waals surface area contributed by atoms with Crippen LogP contribution in [0.3, 0.4) is 0 Å². The number of benzene rings is 1. The SMILES string of the molecule is COc1c(C(=O)N2CCN3C(=O)c4ccncc4C32c2ccc(Cl)cc2)csc1Cl. The topological polar surface area (TPSA) is 62.7 Å². The average molecular weight is 460 g/mol. The zero-order valence-corrected chi connectivity index (χ0v) is 18.1. The van der Waals surface area contributed by atoms with Crippen molar-refractivity contribution in [3.8, 4) is 5.75 Å². The number of hydrogen-bond donors (Lipinski definition) is 0. The summed E-state index contributed by atoms with van der Waals surface area (Å²) in [5.74, 6) is -0.0583. The molecule has 2 aliphatic heterocycles. The summed E-state index contributed by atoms with van der Waals surface area (Å²) in [5.41, 5.74) is 1.23. The zero-order valence-electron chi connectivity index (χ0n) is 15.8. The van der Waals surface area contributed by atoms with Gasteiger partial charge in [-0.1, -0.05) is 35.3 Å². The van der Waals surface area contributed by atoms with Gasteiger partial charge in [0.15, 0.2) is 11.4 Å². The number of aromatic nitrogens is 1. The lowest BCUT2D eigenvalue weighted by molar-refractivity contribution is 0.0373. The van der Waals surface area contributed by atoms with Crippen molar-refractivity contribution in [1.82, 2.24) is 14.8 Å². The van der Waals surface area contributed by atoms with E-state index in [2.05, 4.69) is 4.98 Å². The van der Waals surface area contributed by atoms with Crippen LogP contribution < -0.4 is 4.74 Å². The third-order valence-electron chi connectivity index (χ3n) is 5.63. The number of methoxy groups -OCH3 is 1. The second-order valence-electron chi connectivity index (χ2n) is 6.97. The molecule has 2 aliphatic rings. The molecular formula is C21H15Cl2N3O3S. The number of pyridine rings is 1. The van der Waals surface area contributed by atoms with E-state index in [1.54, 1.807) is 45.8 Å². The van der Waals surface area contributed by atoms with Crippen molar-refractivity contribution in [3.63, 3.8) is 0 Å². The predicted octanol–water partition coefficient (Wildman–Crippen LogP) is 4.27. The molecule has 9 heteroatoms. The molecule has 0 saturated carbocycles. The molecule has 0 spiro atoms. The van der Waals surface area contributed by atoms with Crippen LogP contribution in [0.1, 0.15) is 31.8 Å². The van der Waals surface area contributed by atoms with Crippen LogP contribution in [0.4, 0.5) is 0 Å². The van der Waals surface area contributed by atoms with E-state index in [1.165, 1.54) is 18.4 Å². The molecule has 2 aromatic heterocycles. The normalized spacial score (nSPS) is 19.8. The largest absolute Gasteiger partial charge is 0.493 e. The Bertz CT molecular complexity index is 1180. The van der Waals surface area contributed by atoms with Crippen molar-refractivity contribution in [2.45, 2.75) is 5.66 Å². The van der Waals surface area contributed by atoms with Crippen LogP contribution in [-0.4, -0.2) is 46.8 Å². The molecule has 4 heterocycles. The van der Waals surface area contributed by atoms with E-state index in [4.69, 9.17) is 27.9 Å². The zero-order chi connectivity index (χ0) is 21.0. The first kappa shape index (κ1) is 19.4. The molecule has 1 saturated heterocycles. The lowest BCUT2D eigenvalue weighted by Crippen LogP contribution is -2.51. The highest BCUT2D eigenvalue weighted by atomic mass is 35.5. The Morgan fingerprint density at radius 2 is 1.97 bits per heavy atom. The fraction of sp³-hybridized carbons (Fsp3) is 0.190. The molecule has 0 bridgehead atoms. The number of amides is 2. The van der Waals surface area contributed by atoms with Gasteiger partial charge in [0.1, 0.15) is 4.34 Å². The summed E-state index contributed by atoms with van der Waals surface area (Å²) < 4.78 is 5.78. The number of rotatable bonds is 3. The van der Waals surface area contributed by atoms with Crippen molar-refractivity contribution < 1.29 is 14.3 Å². The van der Waals surface area contributed by atoms with Gasteiger partial charge in [0.2, 0.25) is 0 Å². The lowest BCUT2D eigenvalue weighted by atomic mass is 9.90. The van der Waals surface area contributed by atoms with Crippen LogP contribution >= 0.6 is 34.5 Å². The Morgan fingerprint density at radius 1 is 1.20 bits per heavy atom. The smallest absolute Gasteiger partial charge is 0.260 e. The molecule has 0 aliphatic carbocycles. The van der Waals surface area contributed by atoms with Gasteiger partial charge in [-0.25, -0.2) is 0 Å². The monoisotopic (exact) mass is 459 g/mol. The fourth-order valence-corrected chi connectivity index (χ4v) is 5.59. The minimum absolute atomic E-state index is 0.132. The van der Waals surface area contributed by atoms with Gasteiger partial charge in [-0.2, -0.15) is 0 Å². The summed E-state index contributed by atoms with van der Waals surface area (Å²) in [7, 11) is 1.48. The van der Waals surface area contributed by atoms with E-state index in [0.717, 1.165) is 5.56 Å². The van der Waals surface area contributed by atoms with Gasteiger partial charge in [0.05, 0.1) is 18.2 Å². The third-order valence-corrected chi connectivity index (χ3v) is 7.07. The van der Waals surface area contributed by atoms with Crippen LogP contribution in [0.2, 0.25) is 9.36 Å². The Kier molecular flexibility index (Phi) is 4.50. The Morgan fingerprint density at radius 3 is 2.70 bits per heavy atom. The van der Waals surface area contributed by atoms with E-state index in [1.807, 2.05) is 12.1 Å². The number of hydrogen-bond acceptors (Lipinski definition) is 5. The molecule has 1 fully saturated rings. The van der Waals surface area contributed by atoms with Crippen LogP contribution in [0.5, 0.6) is 5.75 Å². The van der Waals surface area contributed by atoms with E-state index in [0.29, 0.717) is 44.9 Å². The number of nitrogens with zero attached hydrogens (tertiary/aromatic N) is 3. The molecule has 6 nitrogen and oxygen atoms in total. The summed E-state index contributed by atoms with van der Waals surface area (Å²) >= 11 is 13.6. The van der Waals surface area contributed by atoms with Gasteiger partial charge < -0.3 is 14.5 Å². The quantitative estimate of drug-likeness (QED) is 0.586. The molecule has 1 aromatic carbocycles. The third kappa shape index (κ3) is 2.46. The van der Waals surface area contributed by atoms with E-state index in [9.17, 15) is 9.59 Å². The lowest BCUT2D eigenvalue weighted by Gasteiger charge is -2.40. The molecule has 2 amide bonds. The van der Waals surface area contributed by atoms with Gasteiger partial charge in [0, 0.05) is 47.0 Å². The molecule has 1 unspecified atom stereocenters. The van der Waals surface area contributed by atoms with Crippen molar-refractivity contribution in [1.29, 1.82) is 0 Å². The second-order valence-corrected chi connectivity index (χ2v) is 8.89. The van der Waals surface area contributed by atoms with Gasteiger partial charge in [-0.15, -0.1) is 11.3 Å². The van der Waals surface area contributed by atoms with Crippen LogP contribution in [-0.2, 0) is 5.66 Å². The fourth-order valence-electron chi connectivity index (χ4n) is 4.42. The highest BCUT2D eigenvalue weighted by molar-refractivity contribution is 7.15. The summed E-state index contributed by atoms with van der Waals surface area (Å²) in [6.07, 6.45) is 3.24.